The minimum atomic E-state index is -4.82. The molecule has 3 rings (SSSR count). The Kier molecular flexibility index (Phi) is 8.76. The van der Waals surface area contributed by atoms with Gasteiger partial charge in [0.2, 0.25) is 5.91 Å². The maximum absolute atomic E-state index is 13.5. The number of anilines is 1. The molecule has 11 heteroatoms. The number of hydrogen-bond donors (Lipinski definition) is 1. The fraction of sp³-hybridized carbons (Fsp3) is 0.269. The van der Waals surface area contributed by atoms with E-state index < -0.39 is 45.3 Å². The van der Waals surface area contributed by atoms with E-state index in [-0.39, 0.29) is 10.6 Å². The van der Waals surface area contributed by atoms with Crippen molar-refractivity contribution in [2.45, 2.75) is 37.9 Å². The van der Waals surface area contributed by atoms with Crippen molar-refractivity contribution in [1.82, 2.24) is 5.32 Å². The molecule has 0 saturated heterocycles. The van der Waals surface area contributed by atoms with Gasteiger partial charge < -0.3 is 10.1 Å². The molecular formula is C26H26ClF3N2O4S. The number of halogens is 4. The van der Waals surface area contributed by atoms with E-state index in [4.69, 9.17) is 16.3 Å². The highest BCUT2D eigenvalue weighted by Crippen LogP contribution is 2.38. The van der Waals surface area contributed by atoms with E-state index in [1.54, 1.807) is 50.2 Å². The fourth-order valence-electron chi connectivity index (χ4n) is 3.56. The van der Waals surface area contributed by atoms with Crippen LogP contribution in [0.5, 0.6) is 5.75 Å². The molecule has 1 atom stereocenters. The topological polar surface area (TPSA) is 75.7 Å². The van der Waals surface area contributed by atoms with Gasteiger partial charge >= 0.3 is 6.18 Å². The maximum atomic E-state index is 13.5. The monoisotopic (exact) mass is 554 g/mol. The second-order valence-electron chi connectivity index (χ2n) is 8.28. The molecule has 0 bridgehead atoms. The molecule has 0 radical (unpaired) electrons. The van der Waals surface area contributed by atoms with Crippen molar-refractivity contribution in [2.75, 3.05) is 17.5 Å². The fourth-order valence-corrected chi connectivity index (χ4v) is 5.20. The van der Waals surface area contributed by atoms with Crippen molar-refractivity contribution in [3.05, 3.63) is 88.4 Å². The summed E-state index contributed by atoms with van der Waals surface area (Å²) < 4.78 is 73.6. The van der Waals surface area contributed by atoms with E-state index >= 15 is 0 Å². The average Bonchev–Trinajstić information content (AvgIpc) is 2.83. The number of sulfonamides is 1. The Morgan fingerprint density at radius 1 is 1.05 bits per heavy atom. The van der Waals surface area contributed by atoms with Crippen LogP contribution in [0.25, 0.3) is 0 Å². The van der Waals surface area contributed by atoms with Crippen LogP contribution in [0, 0.1) is 6.92 Å². The van der Waals surface area contributed by atoms with Crippen molar-refractivity contribution in [3.63, 3.8) is 0 Å². The van der Waals surface area contributed by atoms with Gasteiger partial charge in [-0.1, -0.05) is 41.4 Å². The molecule has 0 spiro atoms. The lowest BCUT2D eigenvalue weighted by Gasteiger charge is -2.26. The van der Waals surface area contributed by atoms with Gasteiger partial charge in [-0.25, -0.2) is 8.42 Å². The molecule has 0 heterocycles. The SMILES string of the molecule is CCOc1ccc([C@@H](C)NC(=O)CN(c2ccc(Cl)c(C(F)(F)F)c2)S(=O)(=O)c2ccc(C)cc2)cc1. The number of rotatable bonds is 9. The van der Waals surface area contributed by atoms with E-state index in [1.165, 1.54) is 12.1 Å². The van der Waals surface area contributed by atoms with Crippen molar-refractivity contribution in [1.29, 1.82) is 0 Å². The third-order valence-electron chi connectivity index (χ3n) is 5.51. The zero-order chi connectivity index (χ0) is 27.4. The Labute approximate surface area is 219 Å². The first-order chi connectivity index (χ1) is 17.3. The first-order valence-electron chi connectivity index (χ1n) is 11.3. The lowest BCUT2D eigenvalue weighted by molar-refractivity contribution is -0.137. The normalized spacial score (nSPS) is 12.6. The highest BCUT2D eigenvalue weighted by Gasteiger charge is 2.35. The zero-order valence-electron chi connectivity index (χ0n) is 20.3. The van der Waals surface area contributed by atoms with Gasteiger partial charge in [-0.15, -0.1) is 0 Å². The summed E-state index contributed by atoms with van der Waals surface area (Å²) in [6.45, 7) is 5.06. The number of carbonyl (C=O) groups excluding carboxylic acids is 1. The first kappa shape index (κ1) is 28.3. The smallest absolute Gasteiger partial charge is 0.417 e. The van der Waals surface area contributed by atoms with Crippen molar-refractivity contribution >= 4 is 33.2 Å². The van der Waals surface area contributed by atoms with Gasteiger partial charge in [0.05, 0.1) is 33.8 Å². The molecule has 198 valence electrons. The predicted octanol–water partition coefficient (Wildman–Crippen LogP) is 6.14. The molecular weight excluding hydrogens is 529 g/mol. The van der Waals surface area contributed by atoms with E-state index in [9.17, 15) is 26.4 Å². The molecule has 3 aromatic rings. The number of hydrogen-bond acceptors (Lipinski definition) is 4. The third-order valence-corrected chi connectivity index (χ3v) is 7.63. The van der Waals surface area contributed by atoms with Crippen LogP contribution in [0.2, 0.25) is 5.02 Å². The Morgan fingerprint density at radius 3 is 2.24 bits per heavy atom. The summed E-state index contributed by atoms with van der Waals surface area (Å²) in [5.41, 5.74) is -0.0334. The highest BCUT2D eigenvalue weighted by molar-refractivity contribution is 7.92. The van der Waals surface area contributed by atoms with Crippen LogP contribution >= 0.6 is 11.6 Å². The van der Waals surface area contributed by atoms with Gasteiger partial charge in [-0.2, -0.15) is 13.2 Å². The summed E-state index contributed by atoms with van der Waals surface area (Å²) in [6.07, 6.45) is -4.82. The van der Waals surface area contributed by atoms with Gasteiger partial charge in [0.1, 0.15) is 12.3 Å². The molecule has 1 N–H and O–H groups in total. The van der Waals surface area contributed by atoms with Crippen molar-refractivity contribution in [3.8, 4) is 5.75 Å². The number of benzene rings is 3. The standard InChI is InChI=1S/C26H26ClF3N2O4S/c1-4-36-21-10-7-19(8-11-21)18(3)31-25(33)16-32(37(34,35)22-12-5-17(2)6-13-22)20-9-14-24(27)23(15-20)26(28,29)30/h5-15,18H,4,16H2,1-3H3,(H,31,33)/t18-/m1/s1. The van der Waals surface area contributed by atoms with Gasteiger partial charge in [0, 0.05) is 0 Å². The van der Waals surface area contributed by atoms with Crippen LogP contribution < -0.4 is 14.4 Å². The quantitative estimate of drug-likeness (QED) is 0.345. The second-order valence-corrected chi connectivity index (χ2v) is 10.5. The first-order valence-corrected chi connectivity index (χ1v) is 13.1. The van der Waals surface area contributed by atoms with Gasteiger partial charge in [-0.05, 0) is 68.8 Å². The molecule has 3 aromatic carbocycles. The summed E-state index contributed by atoms with van der Waals surface area (Å²) in [5, 5.41) is 2.12. The summed E-state index contributed by atoms with van der Waals surface area (Å²) >= 11 is 5.73. The summed E-state index contributed by atoms with van der Waals surface area (Å²) in [6, 6.07) is 15.0. The van der Waals surface area contributed by atoms with E-state index in [0.717, 1.165) is 23.3 Å². The Balaban J connectivity index is 1.94. The summed E-state index contributed by atoms with van der Waals surface area (Å²) in [5.74, 6) is -0.0519. The number of alkyl halides is 3. The minimum Gasteiger partial charge on any atom is -0.494 e. The molecule has 0 saturated carbocycles. The van der Waals surface area contributed by atoms with E-state index in [2.05, 4.69) is 5.32 Å². The number of nitrogens with zero attached hydrogens (tertiary/aromatic N) is 1. The molecule has 0 unspecified atom stereocenters. The second kappa shape index (κ2) is 11.4. The molecule has 0 aromatic heterocycles. The van der Waals surface area contributed by atoms with E-state index in [1.807, 2.05) is 6.92 Å². The van der Waals surface area contributed by atoms with Gasteiger partial charge in [0.25, 0.3) is 10.0 Å². The Hall–Kier alpha value is -3.24. The lowest BCUT2D eigenvalue weighted by Crippen LogP contribution is -2.41. The van der Waals surface area contributed by atoms with Crippen LogP contribution in [0.15, 0.2) is 71.6 Å². The molecule has 0 aliphatic heterocycles. The maximum Gasteiger partial charge on any atom is 0.417 e. The summed E-state index contributed by atoms with van der Waals surface area (Å²) in [7, 11) is -4.41. The predicted molar refractivity (Wildman–Crippen MR) is 136 cm³/mol. The Morgan fingerprint density at radius 2 is 1.68 bits per heavy atom. The van der Waals surface area contributed by atoms with Crippen LogP contribution in [-0.4, -0.2) is 27.5 Å². The molecule has 0 aliphatic rings. The highest BCUT2D eigenvalue weighted by atomic mass is 35.5. The minimum absolute atomic E-state index is 0.172. The number of ether oxygens (including phenoxy) is 1. The number of nitrogens with one attached hydrogen (secondary N) is 1. The average molecular weight is 555 g/mol. The molecule has 0 fully saturated rings. The van der Waals surface area contributed by atoms with Gasteiger partial charge in [0.15, 0.2) is 0 Å². The number of aryl methyl sites for hydroxylation is 1. The largest absolute Gasteiger partial charge is 0.494 e. The Bertz CT molecular complexity index is 1350. The lowest BCUT2D eigenvalue weighted by atomic mass is 10.1. The van der Waals surface area contributed by atoms with Crippen molar-refractivity contribution < 1.29 is 31.1 Å². The van der Waals surface area contributed by atoms with Crippen LogP contribution in [0.3, 0.4) is 0 Å². The van der Waals surface area contributed by atoms with Gasteiger partial charge in [-0.3, -0.25) is 9.10 Å². The molecule has 0 aliphatic carbocycles. The van der Waals surface area contributed by atoms with Crippen molar-refractivity contribution in [2.24, 2.45) is 0 Å². The summed E-state index contributed by atoms with van der Waals surface area (Å²) in [4.78, 5) is 12.8. The zero-order valence-corrected chi connectivity index (χ0v) is 21.9. The van der Waals surface area contributed by atoms with Crippen LogP contribution in [-0.2, 0) is 21.0 Å². The van der Waals surface area contributed by atoms with Crippen LogP contribution in [0.4, 0.5) is 18.9 Å². The third kappa shape index (κ3) is 6.95. The van der Waals surface area contributed by atoms with E-state index in [0.29, 0.717) is 22.7 Å². The molecule has 37 heavy (non-hydrogen) atoms. The molecule has 1 amide bonds. The van der Waals surface area contributed by atoms with Crippen LogP contribution in [0.1, 0.15) is 36.6 Å². The number of carbonyl (C=O) groups is 1. The molecule has 6 nitrogen and oxygen atoms in total. The number of amides is 1.